The van der Waals surface area contributed by atoms with E-state index in [0.717, 1.165) is 18.8 Å². The monoisotopic (exact) mass is 248 g/mol. The zero-order chi connectivity index (χ0) is 13.4. The topological polar surface area (TPSA) is 18.5 Å². The van der Waals surface area contributed by atoms with Gasteiger partial charge in [-0.15, -0.1) is 0 Å². The van der Waals surface area contributed by atoms with Crippen LogP contribution in [0.5, 0.6) is 5.75 Å². The predicted octanol–water partition coefficient (Wildman–Crippen LogP) is 4.20. The number of benzene rings is 1. The Balaban J connectivity index is 2.26. The SMILES string of the molecule is COc1ccc(COC[C@H](C)CC=C(C)C)cc1. The van der Waals surface area contributed by atoms with Gasteiger partial charge in [0.2, 0.25) is 0 Å². The summed E-state index contributed by atoms with van der Waals surface area (Å²) in [6, 6.07) is 8.01. The molecule has 100 valence electrons. The molecule has 1 aromatic rings. The molecule has 1 atom stereocenters. The fraction of sp³-hybridized carbons (Fsp3) is 0.500. The Morgan fingerprint density at radius 2 is 1.89 bits per heavy atom. The molecule has 0 aliphatic rings. The summed E-state index contributed by atoms with van der Waals surface area (Å²) in [5, 5.41) is 0. The van der Waals surface area contributed by atoms with Crippen LogP contribution in [0, 0.1) is 5.92 Å². The maximum absolute atomic E-state index is 5.72. The summed E-state index contributed by atoms with van der Waals surface area (Å²) < 4.78 is 10.8. The summed E-state index contributed by atoms with van der Waals surface area (Å²) in [6.07, 6.45) is 3.35. The first kappa shape index (κ1) is 14.8. The van der Waals surface area contributed by atoms with E-state index in [0.29, 0.717) is 12.5 Å². The third-order valence-electron chi connectivity index (χ3n) is 2.76. The Labute approximate surface area is 111 Å². The van der Waals surface area contributed by atoms with Crippen molar-refractivity contribution in [2.75, 3.05) is 13.7 Å². The predicted molar refractivity (Wildman–Crippen MR) is 75.9 cm³/mol. The van der Waals surface area contributed by atoms with Gasteiger partial charge >= 0.3 is 0 Å². The molecule has 0 saturated carbocycles. The van der Waals surface area contributed by atoms with Crippen molar-refractivity contribution in [1.82, 2.24) is 0 Å². The van der Waals surface area contributed by atoms with Crippen LogP contribution in [0.1, 0.15) is 32.8 Å². The quantitative estimate of drug-likeness (QED) is 0.673. The first-order valence-corrected chi connectivity index (χ1v) is 6.46. The van der Waals surface area contributed by atoms with Crippen molar-refractivity contribution < 1.29 is 9.47 Å². The van der Waals surface area contributed by atoms with Gasteiger partial charge in [0, 0.05) is 6.61 Å². The van der Waals surface area contributed by atoms with Gasteiger partial charge in [0.05, 0.1) is 13.7 Å². The van der Waals surface area contributed by atoms with Gasteiger partial charge in [0.1, 0.15) is 5.75 Å². The van der Waals surface area contributed by atoms with E-state index in [4.69, 9.17) is 9.47 Å². The van der Waals surface area contributed by atoms with Crippen LogP contribution in [-0.4, -0.2) is 13.7 Å². The molecule has 0 aliphatic heterocycles. The van der Waals surface area contributed by atoms with Gasteiger partial charge in [-0.3, -0.25) is 0 Å². The first-order valence-electron chi connectivity index (χ1n) is 6.46. The highest BCUT2D eigenvalue weighted by atomic mass is 16.5. The Hall–Kier alpha value is -1.28. The minimum atomic E-state index is 0.568. The Bertz CT molecular complexity index is 361. The fourth-order valence-electron chi connectivity index (χ4n) is 1.60. The summed E-state index contributed by atoms with van der Waals surface area (Å²) in [4.78, 5) is 0. The van der Waals surface area contributed by atoms with Crippen molar-refractivity contribution in [1.29, 1.82) is 0 Å². The van der Waals surface area contributed by atoms with Crippen LogP contribution in [-0.2, 0) is 11.3 Å². The number of ether oxygens (including phenoxy) is 2. The van der Waals surface area contributed by atoms with Crippen molar-refractivity contribution >= 4 is 0 Å². The van der Waals surface area contributed by atoms with E-state index in [1.165, 1.54) is 11.1 Å². The molecule has 0 aromatic heterocycles. The molecule has 0 N–H and O–H groups in total. The lowest BCUT2D eigenvalue weighted by atomic mass is 10.1. The summed E-state index contributed by atoms with van der Waals surface area (Å²) in [7, 11) is 1.68. The summed E-state index contributed by atoms with van der Waals surface area (Å²) in [6.45, 7) is 7.95. The van der Waals surface area contributed by atoms with Gasteiger partial charge in [-0.1, -0.05) is 30.7 Å². The standard InChI is InChI=1S/C16H24O2/c1-13(2)5-6-14(3)11-18-12-15-7-9-16(17-4)10-8-15/h5,7-10,14H,6,11-12H2,1-4H3/t14-/m1/s1. The highest BCUT2D eigenvalue weighted by Gasteiger charge is 2.01. The van der Waals surface area contributed by atoms with Crippen LogP contribution < -0.4 is 4.74 Å². The second-order valence-electron chi connectivity index (χ2n) is 4.99. The van der Waals surface area contributed by atoms with Crippen molar-refractivity contribution in [2.24, 2.45) is 5.92 Å². The second-order valence-corrected chi connectivity index (χ2v) is 4.99. The smallest absolute Gasteiger partial charge is 0.118 e. The van der Waals surface area contributed by atoms with Gasteiger partial charge in [-0.05, 0) is 43.9 Å². The lowest BCUT2D eigenvalue weighted by Gasteiger charge is -2.10. The fourth-order valence-corrected chi connectivity index (χ4v) is 1.60. The van der Waals surface area contributed by atoms with Gasteiger partial charge < -0.3 is 9.47 Å². The zero-order valence-electron chi connectivity index (χ0n) is 11.9. The molecule has 2 nitrogen and oxygen atoms in total. The van der Waals surface area contributed by atoms with Gasteiger partial charge in [0.25, 0.3) is 0 Å². The van der Waals surface area contributed by atoms with Crippen LogP contribution in [0.4, 0.5) is 0 Å². The van der Waals surface area contributed by atoms with Crippen molar-refractivity contribution in [3.05, 3.63) is 41.5 Å². The van der Waals surface area contributed by atoms with Gasteiger partial charge in [-0.25, -0.2) is 0 Å². The van der Waals surface area contributed by atoms with E-state index in [9.17, 15) is 0 Å². The molecule has 0 unspecified atom stereocenters. The third-order valence-corrected chi connectivity index (χ3v) is 2.76. The molecule has 0 fully saturated rings. The maximum Gasteiger partial charge on any atom is 0.118 e. The average Bonchev–Trinajstić information content (AvgIpc) is 2.37. The molecule has 18 heavy (non-hydrogen) atoms. The van der Waals surface area contributed by atoms with Crippen LogP contribution in [0.25, 0.3) is 0 Å². The molecule has 1 rings (SSSR count). The third kappa shape index (κ3) is 5.87. The molecule has 0 amide bonds. The maximum atomic E-state index is 5.72. The van der Waals surface area contributed by atoms with Gasteiger partial charge in [-0.2, -0.15) is 0 Å². The van der Waals surface area contributed by atoms with Crippen molar-refractivity contribution in [3.63, 3.8) is 0 Å². The average molecular weight is 248 g/mol. The molecule has 0 aliphatic carbocycles. The van der Waals surface area contributed by atoms with Crippen LogP contribution in [0.15, 0.2) is 35.9 Å². The summed E-state index contributed by atoms with van der Waals surface area (Å²) >= 11 is 0. The molecule has 0 bridgehead atoms. The molecule has 2 heteroatoms. The largest absolute Gasteiger partial charge is 0.497 e. The van der Waals surface area contributed by atoms with Crippen molar-refractivity contribution in [3.8, 4) is 5.75 Å². The zero-order valence-corrected chi connectivity index (χ0v) is 11.9. The number of hydrogen-bond acceptors (Lipinski definition) is 2. The molecule has 0 heterocycles. The summed E-state index contributed by atoms with van der Waals surface area (Å²) in [5.74, 6) is 1.45. The highest BCUT2D eigenvalue weighted by molar-refractivity contribution is 5.26. The Morgan fingerprint density at radius 3 is 2.44 bits per heavy atom. The molecule has 0 radical (unpaired) electrons. The van der Waals surface area contributed by atoms with E-state index < -0.39 is 0 Å². The molecular formula is C16H24O2. The van der Waals surface area contributed by atoms with Gasteiger partial charge in [0.15, 0.2) is 0 Å². The molecule has 0 spiro atoms. The Morgan fingerprint density at radius 1 is 1.22 bits per heavy atom. The van der Waals surface area contributed by atoms with Crippen LogP contribution >= 0.6 is 0 Å². The first-order chi connectivity index (χ1) is 8.61. The minimum Gasteiger partial charge on any atom is -0.497 e. The van der Waals surface area contributed by atoms with E-state index in [-0.39, 0.29) is 0 Å². The minimum absolute atomic E-state index is 0.568. The van der Waals surface area contributed by atoms with E-state index in [2.05, 4.69) is 26.8 Å². The normalized spacial score (nSPS) is 12.0. The molecular weight excluding hydrogens is 224 g/mol. The van der Waals surface area contributed by atoms with E-state index in [1.807, 2.05) is 24.3 Å². The molecule has 0 saturated heterocycles. The van der Waals surface area contributed by atoms with Crippen molar-refractivity contribution in [2.45, 2.75) is 33.8 Å². The van der Waals surface area contributed by atoms with Crippen LogP contribution in [0.3, 0.4) is 0 Å². The second kappa shape index (κ2) is 7.93. The number of allylic oxidation sites excluding steroid dienone is 2. The van der Waals surface area contributed by atoms with Crippen LogP contribution in [0.2, 0.25) is 0 Å². The number of rotatable bonds is 7. The molecule has 1 aromatic carbocycles. The summed E-state index contributed by atoms with van der Waals surface area (Å²) in [5.41, 5.74) is 2.56. The number of methoxy groups -OCH3 is 1. The van der Waals surface area contributed by atoms with E-state index in [1.54, 1.807) is 7.11 Å². The lowest BCUT2D eigenvalue weighted by Crippen LogP contribution is -2.05. The Kier molecular flexibility index (Phi) is 6.51. The lowest BCUT2D eigenvalue weighted by molar-refractivity contribution is 0.0928. The highest BCUT2D eigenvalue weighted by Crippen LogP contribution is 2.13. The van der Waals surface area contributed by atoms with E-state index >= 15 is 0 Å². The number of hydrogen-bond donors (Lipinski definition) is 0.